The summed E-state index contributed by atoms with van der Waals surface area (Å²) in [4.78, 5) is 0. The Labute approximate surface area is 157 Å². The van der Waals surface area contributed by atoms with Crippen LogP contribution in [-0.2, 0) is 11.2 Å². The highest BCUT2D eigenvalue weighted by atomic mass is 16.5. The van der Waals surface area contributed by atoms with Gasteiger partial charge in [0, 0.05) is 12.0 Å². The maximum absolute atomic E-state index is 11.2. The Morgan fingerprint density at radius 3 is 2.56 bits per heavy atom. The number of aliphatic hydroxyl groups excluding tert-OH is 1. The number of hydrogen-bond donors (Lipinski definition) is 4. The van der Waals surface area contributed by atoms with Crippen molar-refractivity contribution in [2.45, 2.75) is 18.1 Å². The fourth-order valence-corrected chi connectivity index (χ4v) is 3.56. The average molecular weight is 376 g/mol. The number of rotatable bonds is 6. The first-order valence-corrected chi connectivity index (χ1v) is 8.60. The highest BCUT2D eigenvalue weighted by Crippen LogP contribution is 2.45. The van der Waals surface area contributed by atoms with Gasteiger partial charge in [0.25, 0.3) is 0 Å². The lowest BCUT2D eigenvalue weighted by Gasteiger charge is -2.32. The second-order valence-electron chi connectivity index (χ2n) is 6.73. The summed E-state index contributed by atoms with van der Waals surface area (Å²) >= 11 is 0. The van der Waals surface area contributed by atoms with Crippen LogP contribution in [0.15, 0.2) is 36.4 Å². The van der Waals surface area contributed by atoms with E-state index in [2.05, 4.69) is 0 Å². The molecule has 27 heavy (non-hydrogen) atoms. The lowest BCUT2D eigenvalue weighted by molar-refractivity contribution is -0.0882. The van der Waals surface area contributed by atoms with Gasteiger partial charge in [0.05, 0.1) is 27.4 Å². The second-order valence-corrected chi connectivity index (χ2v) is 6.73. The third-order valence-corrected chi connectivity index (χ3v) is 5.06. The minimum absolute atomic E-state index is 0.0139. The molecule has 2 aromatic rings. The van der Waals surface area contributed by atoms with Crippen molar-refractivity contribution in [3.05, 3.63) is 47.5 Å². The van der Waals surface area contributed by atoms with E-state index in [-0.39, 0.29) is 18.1 Å². The molecule has 0 aliphatic carbocycles. The molecule has 0 bridgehead atoms. The molecular formula is C20H24O7. The van der Waals surface area contributed by atoms with Crippen LogP contribution in [0, 0.1) is 5.92 Å². The van der Waals surface area contributed by atoms with Gasteiger partial charge in [-0.2, -0.15) is 0 Å². The van der Waals surface area contributed by atoms with Gasteiger partial charge in [-0.05, 0) is 41.8 Å². The zero-order chi connectivity index (χ0) is 19.6. The fourth-order valence-electron chi connectivity index (χ4n) is 3.56. The fraction of sp³-hybridized carbons (Fsp3) is 0.400. The minimum Gasteiger partial charge on any atom is -0.508 e. The van der Waals surface area contributed by atoms with Crippen molar-refractivity contribution >= 4 is 0 Å². The highest BCUT2D eigenvalue weighted by Gasteiger charge is 2.50. The summed E-state index contributed by atoms with van der Waals surface area (Å²) in [6.07, 6.45) is -0.396. The predicted molar refractivity (Wildman–Crippen MR) is 97.2 cm³/mol. The van der Waals surface area contributed by atoms with Crippen LogP contribution >= 0.6 is 0 Å². The van der Waals surface area contributed by atoms with Crippen molar-refractivity contribution in [1.82, 2.24) is 0 Å². The van der Waals surface area contributed by atoms with Gasteiger partial charge in [0.2, 0.25) is 0 Å². The average Bonchev–Trinajstić information content (AvgIpc) is 2.99. The summed E-state index contributed by atoms with van der Waals surface area (Å²) < 4.78 is 16.1. The van der Waals surface area contributed by atoms with E-state index in [1.54, 1.807) is 18.2 Å². The molecule has 0 amide bonds. The van der Waals surface area contributed by atoms with Gasteiger partial charge in [0.15, 0.2) is 11.5 Å². The molecule has 2 aromatic carbocycles. The third-order valence-electron chi connectivity index (χ3n) is 5.06. The summed E-state index contributed by atoms with van der Waals surface area (Å²) in [5, 5.41) is 40.8. The van der Waals surface area contributed by atoms with Crippen LogP contribution in [0.3, 0.4) is 0 Å². The molecule has 0 aromatic heterocycles. The van der Waals surface area contributed by atoms with E-state index in [9.17, 15) is 20.4 Å². The number of hydrogen-bond acceptors (Lipinski definition) is 7. The summed E-state index contributed by atoms with van der Waals surface area (Å²) in [6.45, 7) is -0.279. The van der Waals surface area contributed by atoms with Gasteiger partial charge in [-0.1, -0.05) is 6.07 Å². The Morgan fingerprint density at radius 2 is 1.89 bits per heavy atom. The Hall–Kier alpha value is -2.48. The minimum atomic E-state index is -1.54. The van der Waals surface area contributed by atoms with Gasteiger partial charge in [-0.3, -0.25) is 0 Å². The molecule has 1 aliphatic rings. The predicted octanol–water partition coefficient (Wildman–Crippen LogP) is 1.77. The maximum atomic E-state index is 11.2. The van der Waals surface area contributed by atoms with E-state index >= 15 is 0 Å². The SMILES string of the molecule is COc1cc(O)cc([C@@H]2OC[C@@H](Cc3ccc(O)c(OC)c3)[C@@]2(O)CO)c1. The molecule has 0 radical (unpaired) electrons. The first-order chi connectivity index (χ1) is 12.9. The number of methoxy groups -OCH3 is 2. The van der Waals surface area contributed by atoms with Gasteiger partial charge in [-0.25, -0.2) is 0 Å². The Kier molecular flexibility index (Phi) is 5.46. The molecule has 4 N–H and O–H groups in total. The molecule has 7 heteroatoms. The molecule has 146 valence electrons. The van der Waals surface area contributed by atoms with Crippen LogP contribution in [0.5, 0.6) is 23.0 Å². The molecule has 3 atom stereocenters. The molecule has 0 spiro atoms. The van der Waals surface area contributed by atoms with Crippen LogP contribution in [0.2, 0.25) is 0 Å². The van der Waals surface area contributed by atoms with Crippen molar-refractivity contribution in [3.8, 4) is 23.0 Å². The van der Waals surface area contributed by atoms with Crippen molar-refractivity contribution in [3.63, 3.8) is 0 Å². The Bertz CT molecular complexity index is 807. The van der Waals surface area contributed by atoms with Crippen LogP contribution in [0.25, 0.3) is 0 Å². The summed E-state index contributed by atoms with van der Waals surface area (Å²) in [7, 11) is 2.94. The van der Waals surface area contributed by atoms with Gasteiger partial charge >= 0.3 is 0 Å². The number of aliphatic hydroxyl groups is 2. The van der Waals surface area contributed by atoms with E-state index in [4.69, 9.17) is 14.2 Å². The molecule has 1 saturated heterocycles. The molecule has 1 heterocycles. The quantitative estimate of drug-likeness (QED) is 0.608. The van der Waals surface area contributed by atoms with Crippen molar-refractivity contribution in [1.29, 1.82) is 0 Å². The second kappa shape index (κ2) is 7.64. The first-order valence-electron chi connectivity index (χ1n) is 8.60. The number of phenolic OH excluding ortho intramolecular Hbond substituents is 2. The standard InChI is InChI=1S/C20H24O7/c1-25-16-8-13(7-15(22)9-16)19-20(24,11-21)14(10-27-19)5-12-3-4-17(23)18(6-12)26-2/h3-4,6-9,14,19,21-24H,5,10-11H2,1-2H3/t14-,19+,20+/m1/s1. The molecule has 3 rings (SSSR count). The van der Waals surface area contributed by atoms with Crippen LogP contribution < -0.4 is 9.47 Å². The zero-order valence-electron chi connectivity index (χ0n) is 15.3. The van der Waals surface area contributed by atoms with E-state index < -0.39 is 24.2 Å². The summed E-state index contributed by atoms with van der Waals surface area (Å²) in [5.74, 6) is 0.398. The van der Waals surface area contributed by atoms with E-state index in [0.29, 0.717) is 23.5 Å². The van der Waals surface area contributed by atoms with Crippen LogP contribution in [0.4, 0.5) is 0 Å². The summed E-state index contributed by atoms with van der Waals surface area (Å²) in [6, 6.07) is 9.56. The van der Waals surface area contributed by atoms with Gasteiger partial charge in [0.1, 0.15) is 23.2 Å². The van der Waals surface area contributed by atoms with Gasteiger partial charge < -0.3 is 34.6 Å². The Morgan fingerprint density at radius 1 is 1.11 bits per heavy atom. The molecular weight excluding hydrogens is 352 g/mol. The van der Waals surface area contributed by atoms with E-state index in [1.165, 1.54) is 32.4 Å². The Balaban J connectivity index is 1.88. The molecule has 0 saturated carbocycles. The van der Waals surface area contributed by atoms with Crippen LogP contribution in [-0.4, -0.2) is 53.5 Å². The molecule has 0 unspecified atom stereocenters. The van der Waals surface area contributed by atoms with Crippen molar-refractivity contribution < 1.29 is 34.6 Å². The zero-order valence-corrected chi connectivity index (χ0v) is 15.3. The maximum Gasteiger partial charge on any atom is 0.160 e. The number of aromatic hydroxyl groups is 2. The number of phenols is 2. The normalized spacial score (nSPS) is 24.7. The molecule has 1 aliphatic heterocycles. The molecule has 7 nitrogen and oxygen atoms in total. The monoisotopic (exact) mass is 376 g/mol. The first kappa shape index (κ1) is 19.3. The number of benzene rings is 2. The van der Waals surface area contributed by atoms with Gasteiger partial charge in [-0.15, -0.1) is 0 Å². The van der Waals surface area contributed by atoms with Crippen molar-refractivity contribution in [2.75, 3.05) is 27.4 Å². The lowest BCUT2D eigenvalue weighted by atomic mass is 9.80. The number of ether oxygens (including phenoxy) is 3. The lowest BCUT2D eigenvalue weighted by Crippen LogP contribution is -2.43. The smallest absolute Gasteiger partial charge is 0.160 e. The van der Waals surface area contributed by atoms with E-state index in [1.807, 2.05) is 0 Å². The topological polar surface area (TPSA) is 109 Å². The van der Waals surface area contributed by atoms with Crippen molar-refractivity contribution in [2.24, 2.45) is 5.92 Å². The third kappa shape index (κ3) is 3.66. The van der Waals surface area contributed by atoms with Crippen LogP contribution in [0.1, 0.15) is 17.2 Å². The largest absolute Gasteiger partial charge is 0.508 e. The summed E-state index contributed by atoms with van der Waals surface area (Å²) in [5.41, 5.74) is -0.183. The molecule has 1 fully saturated rings. The van der Waals surface area contributed by atoms with E-state index in [0.717, 1.165) is 5.56 Å². The highest BCUT2D eigenvalue weighted by molar-refractivity contribution is 5.43.